The van der Waals surface area contributed by atoms with Crippen LogP contribution in [0.25, 0.3) is 11.1 Å². The number of benzene rings is 2. The Bertz CT molecular complexity index is 591. The Morgan fingerprint density at radius 1 is 1.00 bits per heavy atom. The lowest BCUT2D eigenvalue weighted by atomic mass is 9.85. The molecule has 0 heterocycles. The van der Waals surface area contributed by atoms with E-state index in [4.69, 9.17) is 5.26 Å². The number of hydrogen-bond donors (Lipinski definition) is 0. The molecule has 18 heavy (non-hydrogen) atoms. The average Bonchev–Trinajstić information content (AvgIpc) is 2.39. The Morgan fingerprint density at radius 2 is 1.67 bits per heavy atom. The molecule has 1 nitrogen and oxygen atoms in total. The summed E-state index contributed by atoms with van der Waals surface area (Å²) >= 11 is 0. The van der Waals surface area contributed by atoms with Crippen molar-refractivity contribution in [2.45, 2.75) is 19.3 Å². The van der Waals surface area contributed by atoms with Gasteiger partial charge in [0.1, 0.15) is 5.82 Å². The molecule has 0 saturated carbocycles. The third kappa shape index (κ3) is 2.41. The average molecular weight is 239 g/mol. The standard InChI is InChI=1S/C16H14FN/c1-16(2,11-18)14-8-6-12(7-9-14)13-4-3-5-15(17)10-13/h3-10H,1-2H3. The van der Waals surface area contributed by atoms with Crippen molar-refractivity contribution in [2.24, 2.45) is 0 Å². The minimum Gasteiger partial charge on any atom is -0.207 e. The lowest BCUT2D eigenvalue weighted by Crippen LogP contribution is -2.13. The fourth-order valence-corrected chi connectivity index (χ4v) is 1.81. The van der Waals surface area contributed by atoms with E-state index < -0.39 is 5.41 Å². The van der Waals surface area contributed by atoms with Gasteiger partial charge in [0.15, 0.2) is 0 Å². The molecule has 0 amide bonds. The summed E-state index contributed by atoms with van der Waals surface area (Å²) in [6.45, 7) is 3.76. The largest absolute Gasteiger partial charge is 0.207 e. The predicted octanol–water partition coefficient (Wildman–Crippen LogP) is 4.29. The lowest BCUT2D eigenvalue weighted by molar-refractivity contribution is 0.628. The molecule has 2 aromatic carbocycles. The normalized spacial score (nSPS) is 11.0. The molecule has 2 aromatic rings. The molecule has 2 heteroatoms. The molecular weight excluding hydrogens is 225 g/mol. The van der Waals surface area contributed by atoms with Gasteiger partial charge in [-0.3, -0.25) is 0 Å². The lowest BCUT2D eigenvalue weighted by Gasteiger charge is -2.16. The molecule has 0 bridgehead atoms. The Hall–Kier alpha value is -2.14. The van der Waals surface area contributed by atoms with Crippen LogP contribution in [0.4, 0.5) is 4.39 Å². The van der Waals surface area contributed by atoms with Crippen molar-refractivity contribution in [3.63, 3.8) is 0 Å². The van der Waals surface area contributed by atoms with E-state index in [0.717, 1.165) is 16.7 Å². The summed E-state index contributed by atoms with van der Waals surface area (Å²) in [6, 6.07) is 16.4. The zero-order chi connectivity index (χ0) is 13.2. The highest BCUT2D eigenvalue weighted by molar-refractivity contribution is 5.64. The molecule has 0 aromatic heterocycles. The van der Waals surface area contributed by atoms with Gasteiger partial charge in [0.25, 0.3) is 0 Å². The molecule has 0 aliphatic rings. The molecule has 0 saturated heterocycles. The number of nitriles is 1. The highest BCUT2D eigenvalue weighted by atomic mass is 19.1. The maximum atomic E-state index is 13.1. The topological polar surface area (TPSA) is 23.8 Å². The Labute approximate surface area is 107 Å². The summed E-state index contributed by atoms with van der Waals surface area (Å²) in [4.78, 5) is 0. The maximum absolute atomic E-state index is 13.1. The fraction of sp³-hybridized carbons (Fsp3) is 0.188. The van der Waals surface area contributed by atoms with Crippen LogP contribution in [-0.4, -0.2) is 0 Å². The van der Waals surface area contributed by atoms with Crippen molar-refractivity contribution >= 4 is 0 Å². The molecule has 90 valence electrons. The Kier molecular flexibility index (Phi) is 3.16. The van der Waals surface area contributed by atoms with Crippen molar-refractivity contribution < 1.29 is 4.39 Å². The van der Waals surface area contributed by atoms with Crippen LogP contribution in [0.15, 0.2) is 48.5 Å². The van der Waals surface area contributed by atoms with Crippen LogP contribution in [0.1, 0.15) is 19.4 Å². The molecule has 0 aliphatic carbocycles. The second-order valence-corrected chi connectivity index (χ2v) is 4.82. The molecule has 0 unspecified atom stereocenters. The number of rotatable bonds is 2. The molecular formula is C16H14FN. The van der Waals surface area contributed by atoms with E-state index in [2.05, 4.69) is 6.07 Å². The third-order valence-electron chi connectivity index (χ3n) is 3.04. The summed E-state index contributed by atoms with van der Waals surface area (Å²) in [5.41, 5.74) is 2.26. The van der Waals surface area contributed by atoms with E-state index in [9.17, 15) is 4.39 Å². The molecule has 0 fully saturated rings. The van der Waals surface area contributed by atoms with Gasteiger partial charge in [-0.25, -0.2) is 4.39 Å². The van der Waals surface area contributed by atoms with E-state index in [-0.39, 0.29) is 5.82 Å². The maximum Gasteiger partial charge on any atom is 0.123 e. The predicted molar refractivity (Wildman–Crippen MR) is 70.5 cm³/mol. The number of hydrogen-bond acceptors (Lipinski definition) is 1. The van der Waals surface area contributed by atoms with E-state index in [1.807, 2.05) is 44.2 Å². The summed E-state index contributed by atoms with van der Waals surface area (Å²) in [6.07, 6.45) is 0. The second-order valence-electron chi connectivity index (χ2n) is 4.82. The fourth-order valence-electron chi connectivity index (χ4n) is 1.81. The van der Waals surface area contributed by atoms with E-state index >= 15 is 0 Å². The third-order valence-corrected chi connectivity index (χ3v) is 3.04. The SMILES string of the molecule is CC(C)(C#N)c1ccc(-c2cccc(F)c2)cc1. The van der Waals surface area contributed by atoms with Gasteiger partial charge in [-0.05, 0) is 42.7 Å². The van der Waals surface area contributed by atoms with Crippen molar-refractivity contribution in [2.75, 3.05) is 0 Å². The summed E-state index contributed by atoms with van der Waals surface area (Å²) < 4.78 is 13.1. The Morgan fingerprint density at radius 3 is 2.22 bits per heavy atom. The van der Waals surface area contributed by atoms with Crippen molar-refractivity contribution in [3.05, 3.63) is 59.9 Å². The monoisotopic (exact) mass is 239 g/mol. The first-order valence-corrected chi connectivity index (χ1v) is 5.81. The van der Waals surface area contributed by atoms with Crippen LogP contribution < -0.4 is 0 Å². The first kappa shape index (κ1) is 12.3. The quantitative estimate of drug-likeness (QED) is 0.766. The van der Waals surface area contributed by atoms with Crippen molar-refractivity contribution in [3.8, 4) is 17.2 Å². The molecule has 0 radical (unpaired) electrons. The van der Waals surface area contributed by atoms with Gasteiger partial charge in [-0.2, -0.15) is 5.26 Å². The van der Waals surface area contributed by atoms with Crippen LogP contribution in [0, 0.1) is 17.1 Å². The Balaban J connectivity index is 2.37. The van der Waals surface area contributed by atoms with Gasteiger partial charge >= 0.3 is 0 Å². The molecule has 0 aliphatic heterocycles. The van der Waals surface area contributed by atoms with Crippen LogP contribution in [-0.2, 0) is 5.41 Å². The van der Waals surface area contributed by atoms with Crippen LogP contribution >= 0.6 is 0 Å². The zero-order valence-electron chi connectivity index (χ0n) is 10.4. The first-order chi connectivity index (χ1) is 8.53. The van der Waals surface area contributed by atoms with E-state index in [1.54, 1.807) is 6.07 Å². The summed E-state index contributed by atoms with van der Waals surface area (Å²) in [5, 5.41) is 9.07. The van der Waals surface area contributed by atoms with E-state index in [1.165, 1.54) is 12.1 Å². The zero-order valence-corrected chi connectivity index (χ0v) is 10.4. The van der Waals surface area contributed by atoms with Gasteiger partial charge in [0.2, 0.25) is 0 Å². The summed E-state index contributed by atoms with van der Waals surface area (Å²) in [5.74, 6) is -0.242. The van der Waals surface area contributed by atoms with Crippen LogP contribution in [0.3, 0.4) is 0 Å². The highest BCUT2D eigenvalue weighted by Crippen LogP contribution is 2.26. The van der Waals surface area contributed by atoms with Gasteiger partial charge in [-0.1, -0.05) is 36.4 Å². The van der Waals surface area contributed by atoms with Crippen molar-refractivity contribution in [1.29, 1.82) is 5.26 Å². The van der Waals surface area contributed by atoms with Gasteiger partial charge in [-0.15, -0.1) is 0 Å². The van der Waals surface area contributed by atoms with Crippen LogP contribution in [0.2, 0.25) is 0 Å². The van der Waals surface area contributed by atoms with Gasteiger partial charge in [0, 0.05) is 0 Å². The van der Waals surface area contributed by atoms with Gasteiger partial charge < -0.3 is 0 Å². The van der Waals surface area contributed by atoms with Gasteiger partial charge in [0.05, 0.1) is 11.5 Å². The number of halogens is 1. The summed E-state index contributed by atoms with van der Waals surface area (Å²) in [7, 11) is 0. The van der Waals surface area contributed by atoms with E-state index in [0.29, 0.717) is 0 Å². The smallest absolute Gasteiger partial charge is 0.123 e. The molecule has 0 N–H and O–H groups in total. The number of nitrogens with zero attached hydrogens (tertiary/aromatic N) is 1. The highest BCUT2D eigenvalue weighted by Gasteiger charge is 2.19. The van der Waals surface area contributed by atoms with Crippen LogP contribution in [0.5, 0.6) is 0 Å². The molecule has 0 atom stereocenters. The minimum absolute atomic E-state index is 0.242. The second kappa shape index (κ2) is 4.62. The van der Waals surface area contributed by atoms with Crippen molar-refractivity contribution in [1.82, 2.24) is 0 Å². The first-order valence-electron chi connectivity index (χ1n) is 5.81. The minimum atomic E-state index is -0.500. The molecule has 0 spiro atoms. The molecule has 2 rings (SSSR count).